The van der Waals surface area contributed by atoms with Crippen LogP contribution in [-0.2, 0) is 9.59 Å². The number of carbonyl (C=O) groups excluding carboxylic acids is 2. The van der Waals surface area contributed by atoms with E-state index in [9.17, 15) is 9.59 Å². The van der Waals surface area contributed by atoms with E-state index in [0.717, 1.165) is 90.8 Å². The number of nitrogens with one attached hydrogen (secondary N) is 1. The molecule has 0 unspecified atom stereocenters. The molecule has 0 aliphatic carbocycles. The predicted molar refractivity (Wildman–Crippen MR) is 153 cm³/mol. The lowest BCUT2D eigenvalue weighted by Gasteiger charge is -2.58. The number of amides is 2. The first-order valence-corrected chi connectivity index (χ1v) is 14.3. The summed E-state index contributed by atoms with van der Waals surface area (Å²) in [4.78, 5) is 30.6. The number of nitrogens with zero attached hydrogens (tertiary/aromatic N) is 6. The molecule has 1 N–H and O–H groups in total. The number of aryl methyl sites for hydroxylation is 1. The van der Waals surface area contributed by atoms with Gasteiger partial charge in [-0.3, -0.25) is 19.4 Å². The zero-order valence-corrected chi connectivity index (χ0v) is 23.7. The Morgan fingerprint density at radius 1 is 1.13 bits per heavy atom. The molecule has 3 aromatic rings. The summed E-state index contributed by atoms with van der Waals surface area (Å²) in [5.74, 6) is 1.04. The van der Waals surface area contributed by atoms with Crippen LogP contribution in [0.4, 0.5) is 5.82 Å². The van der Waals surface area contributed by atoms with Crippen molar-refractivity contribution in [1.29, 1.82) is 0 Å². The van der Waals surface area contributed by atoms with Gasteiger partial charge in [0.2, 0.25) is 11.8 Å². The fourth-order valence-corrected chi connectivity index (χ4v) is 7.14. The minimum Gasteiger partial charge on any atom is -0.345 e. The Labute approximate surface area is 233 Å². The van der Waals surface area contributed by atoms with Crippen LogP contribution in [0.3, 0.4) is 0 Å². The summed E-state index contributed by atoms with van der Waals surface area (Å²) < 4.78 is 2.18. The lowest BCUT2D eigenvalue weighted by molar-refractivity contribution is -0.137. The third kappa shape index (κ3) is 4.13. The van der Waals surface area contributed by atoms with Crippen LogP contribution in [0.1, 0.15) is 56.3 Å². The van der Waals surface area contributed by atoms with Crippen molar-refractivity contribution in [3.63, 3.8) is 0 Å². The van der Waals surface area contributed by atoms with E-state index in [1.165, 1.54) is 6.08 Å². The van der Waals surface area contributed by atoms with E-state index in [4.69, 9.17) is 16.7 Å². The molecule has 10 heteroatoms. The third-order valence-electron chi connectivity index (χ3n) is 9.06. The molecule has 1 spiro atoms. The summed E-state index contributed by atoms with van der Waals surface area (Å²) >= 11 is 7.09. The van der Waals surface area contributed by atoms with Crippen molar-refractivity contribution in [3.05, 3.63) is 41.2 Å². The smallest absolute Gasteiger partial charge is 0.245 e. The average Bonchev–Trinajstić information content (AvgIpc) is 3.51. The van der Waals surface area contributed by atoms with Gasteiger partial charge < -0.3 is 14.7 Å². The van der Waals surface area contributed by atoms with Gasteiger partial charge in [-0.25, -0.2) is 0 Å². The number of halogens is 1. The summed E-state index contributed by atoms with van der Waals surface area (Å²) in [6, 6.07) is 2.21. The SMILES string of the molecule is C=CC(=O)N1CCC(n2nc(N3CCCCC34CN(C(C)=O)C4)c(-c3c(Cl)c(C)cc4[nH]ncc34)c2C)CC1. The number of benzene rings is 1. The quantitative estimate of drug-likeness (QED) is 0.479. The van der Waals surface area contributed by atoms with Crippen molar-refractivity contribution in [1.82, 2.24) is 29.8 Å². The molecular weight excluding hydrogens is 514 g/mol. The number of hydrogen-bond acceptors (Lipinski definition) is 5. The van der Waals surface area contributed by atoms with Crippen LogP contribution < -0.4 is 4.90 Å². The highest BCUT2D eigenvalue weighted by atomic mass is 35.5. The topological polar surface area (TPSA) is 90.4 Å². The molecule has 6 rings (SSSR count). The second kappa shape index (κ2) is 9.70. The molecule has 0 atom stereocenters. The van der Waals surface area contributed by atoms with E-state index in [2.05, 4.69) is 33.3 Å². The number of piperidine rings is 2. The van der Waals surface area contributed by atoms with Gasteiger partial charge in [0, 0.05) is 61.9 Å². The van der Waals surface area contributed by atoms with Gasteiger partial charge in [0.15, 0.2) is 5.82 Å². The number of aromatic amines is 1. The molecule has 2 aromatic heterocycles. The van der Waals surface area contributed by atoms with E-state index < -0.39 is 0 Å². The number of fused-ring (bicyclic) bond motifs is 1. The molecule has 3 aliphatic heterocycles. The van der Waals surface area contributed by atoms with Crippen molar-refractivity contribution in [2.24, 2.45) is 0 Å². The summed E-state index contributed by atoms with van der Waals surface area (Å²) in [5.41, 5.74) is 4.88. The number of H-pyrrole nitrogens is 1. The van der Waals surface area contributed by atoms with Gasteiger partial charge in [0.05, 0.1) is 28.3 Å². The normalized spacial score (nSPS) is 19.5. The maximum Gasteiger partial charge on any atom is 0.245 e. The minimum absolute atomic E-state index is 0.0174. The Morgan fingerprint density at radius 2 is 1.87 bits per heavy atom. The van der Waals surface area contributed by atoms with Crippen molar-refractivity contribution < 1.29 is 9.59 Å². The standard InChI is InChI=1S/C29H36ClN7O2/c1-5-24(39)34-12-8-21(9-13-34)37-19(3)25(26-22-15-31-32-23(22)14-18(2)27(26)30)28(33-37)36-11-7-6-10-29(36)16-35(17-29)20(4)38/h5,14-15,21H,1,6-13,16-17H2,2-4H3,(H,31,32). The fraction of sp³-hybridized carbons (Fsp3) is 0.517. The average molecular weight is 550 g/mol. The fourth-order valence-electron chi connectivity index (χ4n) is 6.89. The zero-order chi connectivity index (χ0) is 27.5. The predicted octanol–water partition coefficient (Wildman–Crippen LogP) is 4.64. The summed E-state index contributed by atoms with van der Waals surface area (Å²) in [6.07, 6.45) is 8.15. The molecule has 206 valence electrons. The van der Waals surface area contributed by atoms with Gasteiger partial charge in [0.1, 0.15) is 0 Å². The number of aromatic nitrogens is 4. The van der Waals surface area contributed by atoms with E-state index in [-0.39, 0.29) is 23.4 Å². The highest BCUT2D eigenvalue weighted by molar-refractivity contribution is 6.36. The number of rotatable bonds is 4. The van der Waals surface area contributed by atoms with E-state index in [0.29, 0.717) is 18.1 Å². The maximum atomic E-state index is 12.2. The van der Waals surface area contributed by atoms with Gasteiger partial charge in [-0.2, -0.15) is 10.2 Å². The van der Waals surface area contributed by atoms with Gasteiger partial charge in [-0.15, -0.1) is 0 Å². The van der Waals surface area contributed by atoms with Crippen molar-refractivity contribution >= 4 is 40.1 Å². The van der Waals surface area contributed by atoms with Crippen LogP contribution in [0.25, 0.3) is 22.0 Å². The van der Waals surface area contributed by atoms with Crippen molar-refractivity contribution in [3.8, 4) is 11.1 Å². The Hall–Kier alpha value is -3.33. The Kier molecular flexibility index (Phi) is 6.44. The summed E-state index contributed by atoms with van der Waals surface area (Å²) in [7, 11) is 0. The monoisotopic (exact) mass is 549 g/mol. The Bertz CT molecular complexity index is 1460. The minimum atomic E-state index is -0.115. The molecule has 3 fully saturated rings. The van der Waals surface area contributed by atoms with Gasteiger partial charge in [0.25, 0.3) is 0 Å². The van der Waals surface area contributed by atoms with Crippen LogP contribution in [0.15, 0.2) is 24.9 Å². The number of carbonyl (C=O) groups is 2. The summed E-state index contributed by atoms with van der Waals surface area (Å²) in [6.45, 7) is 13.1. The summed E-state index contributed by atoms with van der Waals surface area (Å²) in [5, 5.41) is 14.5. The van der Waals surface area contributed by atoms with Gasteiger partial charge >= 0.3 is 0 Å². The first kappa shape index (κ1) is 25.9. The van der Waals surface area contributed by atoms with Crippen LogP contribution in [-0.4, -0.2) is 79.9 Å². The molecule has 3 saturated heterocycles. The van der Waals surface area contributed by atoms with Crippen LogP contribution in [0.2, 0.25) is 5.02 Å². The van der Waals surface area contributed by atoms with E-state index in [1.54, 1.807) is 6.92 Å². The molecule has 1 aromatic carbocycles. The lowest BCUT2D eigenvalue weighted by Crippen LogP contribution is -2.72. The molecule has 3 aliphatic rings. The molecule has 0 bridgehead atoms. The molecule has 2 amide bonds. The van der Waals surface area contributed by atoms with Crippen molar-refractivity contribution in [2.45, 2.75) is 64.5 Å². The van der Waals surface area contributed by atoms with Crippen LogP contribution >= 0.6 is 11.6 Å². The maximum absolute atomic E-state index is 12.2. The van der Waals surface area contributed by atoms with Gasteiger partial charge in [-0.05, 0) is 63.7 Å². The Balaban J connectivity index is 1.49. The van der Waals surface area contributed by atoms with E-state index in [1.807, 2.05) is 29.0 Å². The lowest BCUT2D eigenvalue weighted by atomic mass is 9.79. The highest BCUT2D eigenvalue weighted by Gasteiger charge is 2.51. The van der Waals surface area contributed by atoms with Crippen LogP contribution in [0, 0.1) is 13.8 Å². The number of likely N-dealkylation sites (tertiary alicyclic amines) is 2. The third-order valence-corrected chi connectivity index (χ3v) is 9.55. The van der Waals surface area contributed by atoms with Gasteiger partial charge in [-0.1, -0.05) is 18.2 Å². The first-order chi connectivity index (χ1) is 18.7. The molecule has 39 heavy (non-hydrogen) atoms. The number of hydrogen-bond donors (Lipinski definition) is 1. The Morgan fingerprint density at radius 3 is 2.56 bits per heavy atom. The largest absolute Gasteiger partial charge is 0.345 e. The molecule has 9 nitrogen and oxygen atoms in total. The van der Waals surface area contributed by atoms with Crippen molar-refractivity contribution in [2.75, 3.05) is 37.6 Å². The molecule has 0 radical (unpaired) electrons. The first-order valence-electron chi connectivity index (χ1n) is 13.9. The van der Waals surface area contributed by atoms with E-state index >= 15 is 0 Å². The zero-order valence-electron chi connectivity index (χ0n) is 23.0. The van der Waals surface area contributed by atoms with Crippen LogP contribution in [0.5, 0.6) is 0 Å². The second-order valence-corrected chi connectivity index (χ2v) is 11.8. The molecule has 5 heterocycles. The second-order valence-electron chi connectivity index (χ2n) is 11.4. The molecule has 0 saturated carbocycles. The number of anilines is 1. The molecular formula is C29H36ClN7O2. The highest BCUT2D eigenvalue weighted by Crippen LogP contribution is 2.48.